The summed E-state index contributed by atoms with van der Waals surface area (Å²) < 4.78 is 1.09. The standard InChI is InChI=1S/C15H15BrClNS/c1-2-18-10-11-4-3-5-14(17)15(11)19-13-8-6-12(16)7-9-13/h3-9,18H,2,10H2,1H3. The summed E-state index contributed by atoms with van der Waals surface area (Å²) in [5, 5.41) is 4.16. The van der Waals surface area contributed by atoms with E-state index in [-0.39, 0.29) is 0 Å². The molecule has 0 spiro atoms. The summed E-state index contributed by atoms with van der Waals surface area (Å²) in [6.45, 7) is 3.90. The van der Waals surface area contributed by atoms with Gasteiger partial charge in [0.25, 0.3) is 0 Å². The van der Waals surface area contributed by atoms with Gasteiger partial charge in [0.2, 0.25) is 0 Å². The quantitative estimate of drug-likeness (QED) is 0.773. The van der Waals surface area contributed by atoms with Crippen LogP contribution in [0, 0.1) is 0 Å². The van der Waals surface area contributed by atoms with Crippen LogP contribution in [0.3, 0.4) is 0 Å². The second-order valence-corrected chi connectivity index (χ2v) is 6.47. The molecule has 0 aliphatic rings. The number of nitrogens with one attached hydrogen (secondary N) is 1. The molecule has 0 atom stereocenters. The Morgan fingerprint density at radius 2 is 1.89 bits per heavy atom. The topological polar surface area (TPSA) is 12.0 Å². The van der Waals surface area contributed by atoms with Crippen molar-refractivity contribution in [3.63, 3.8) is 0 Å². The van der Waals surface area contributed by atoms with Crippen molar-refractivity contribution in [2.24, 2.45) is 0 Å². The lowest BCUT2D eigenvalue weighted by Crippen LogP contribution is -2.12. The highest BCUT2D eigenvalue weighted by Crippen LogP contribution is 2.36. The fourth-order valence-electron chi connectivity index (χ4n) is 1.69. The summed E-state index contributed by atoms with van der Waals surface area (Å²) in [7, 11) is 0. The highest BCUT2D eigenvalue weighted by molar-refractivity contribution is 9.10. The molecule has 0 heterocycles. The van der Waals surface area contributed by atoms with E-state index in [0.29, 0.717) is 0 Å². The van der Waals surface area contributed by atoms with E-state index in [4.69, 9.17) is 11.6 Å². The molecule has 1 nitrogen and oxygen atoms in total. The molecule has 2 aromatic carbocycles. The lowest BCUT2D eigenvalue weighted by molar-refractivity contribution is 0.718. The molecule has 1 N–H and O–H groups in total. The van der Waals surface area contributed by atoms with Gasteiger partial charge in [0, 0.05) is 20.8 Å². The maximum absolute atomic E-state index is 6.33. The van der Waals surface area contributed by atoms with Gasteiger partial charge in [-0.25, -0.2) is 0 Å². The lowest BCUT2D eigenvalue weighted by Gasteiger charge is -2.11. The van der Waals surface area contributed by atoms with Crippen LogP contribution in [0.1, 0.15) is 12.5 Å². The van der Waals surface area contributed by atoms with Crippen molar-refractivity contribution in [3.05, 3.63) is 57.5 Å². The van der Waals surface area contributed by atoms with E-state index in [2.05, 4.69) is 46.4 Å². The van der Waals surface area contributed by atoms with E-state index in [1.165, 1.54) is 10.5 Å². The first-order valence-electron chi connectivity index (χ1n) is 6.12. The van der Waals surface area contributed by atoms with Crippen LogP contribution in [0.2, 0.25) is 5.02 Å². The van der Waals surface area contributed by atoms with E-state index in [0.717, 1.165) is 27.5 Å². The smallest absolute Gasteiger partial charge is 0.0548 e. The zero-order valence-corrected chi connectivity index (χ0v) is 13.8. The van der Waals surface area contributed by atoms with Crippen molar-refractivity contribution in [1.29, 1.82) is 0 Å². The zero-order chi connectivity index (χ0) is 13.7. The predicted octanol–water partition coefficient (Wildman–Crippen LogP) is 5.36. The summed E-state index contributed by atoms with van der Waals surface area (Å²) in [6, 6.07) is 14.3. The van der Waals surface area contributed by atoms with Crippen molar-refractivity contribution in [2.45, 2.75) is 23.3 Å². The third-order valence-corrected chi connectivity index (χ3v) is 4.80. The van der Waals surface area contributed by atoms with Crippen LogP contribution in [-0.2, 0) is 6.54 Å². The minimum atomic E-state index is 0.809. The molecule has 0 saturated heterocycles. The van der Waals surface area contributed by atoms with Gasteiger partial charge in [-0.15, -0.1) is 0 Å². The van der Waals surface area contributed by atoms with Crippen LogP contribution in [0.4, 0.5) is 0 Å². The molecule has 0 bridgehead atoms. The van der Waals surface area contributed by atoms with Gasteiger partial charge in [0.05, 0.1) is 5.02 Å². The van der Waals surface area contributed by atoms with Crippen molar-refractivity contribution >= 4 is 39.3 Å². The summed E-state index contributed by atoms with van der Waals surface area (Å²) in [5.74, 6) is 0. The molecule has 19 heavy (non-hydrogen) atoms. The van der Waals surface area contributed by atoms with Crippen molar-refractivity contribution in [2.75, 3.05) is 6.54 Å². The van der Waals surface area contributed by atoms with Crippen LogP contribution in [0.25, 0.3) is 0 Å². The summed E-state index contributed by atoms with van der Waals surface area (Å²) >= 11 is 11.5. The molecule has 0 aliphatic heterocycles. The number of benzene rings is 2. The molecule has 0 amide bonds. The average molecular weight is 357 g/mol. The molecule has 0 fully saturated rings. The Bertz CT molecular complexity index is 542. The molecule has 100 valence electrons. The Morgan fingerprint density at radius 3 is 2.58 bits per heavy atom. The largest absolute Gasteiger partial charge is 0.313 e. The zero-order valence-electron chi connectivity index (χ0n) is 10.6. The molecule has 2 rings (SSSR count). The summed E-state index contributed by atoms with van der Waals surface area (Å²) in [5.41, 5.74) is 1.24. The Labute approximate surface area is 131 Å². The Morgan fingerprint density at radius 1 is 1.16 bits per heavy atom. The Hall–Kier alpha value is -0.480. The third-order valence-electron chi connectivity index (χ3n) is 2.65. The monoisotopic (exact) mass is 355 g/mol. The first kappa shape index (κ1) is 14.9. The van der Waals surface area contributed by atoms with Crippen LogP contribution >= 0.6 is 39.3 Å². The second kappa shape index (κ2) is 7.34. The Kier molecular flexibility index (Phi) is 5.76. The van der Waals surface area contributed by atoms with Gasteiger partial charge in [-0.3, -0.25) is 0 Å². The van der Waals surface area contributed by atoms with Crippen molar-refractivity contribution < 1.29 is 0 Å². The van der Waals surface area contributed by atoms with Crippen LogP contribution in [0.5, 0.6) is 0 Å². The Balaban J connectivity index is 2.25. The van der Waals surface area contributed by atoms with Gasteiger partial charge in [0.15, 0.2) is 0 Å². The highest BCUT2D eigenvalue weighted by Gasteiger charge is 2.08. The first-order chi connectivity index (χ1) is 9.20. The van der Waals surface area contributed by atoms with Gasteiger partial charge in [-0.1, -0.05) is 58.3 Å². The summed E-state index contributed by atoms with van der Waals surface area (Å²) in [6.07, 6.45) is 0. The SMILES string of the molecule is CCNCc1cccc(Cl)c1Sc1ccc(Br)cc1. The normalized spacial score (nSPS) is 10.7. The molecule has 0 aromatic heterocycles. The fourth-order valence-corrected chi connectivity index (χ4v) is 3.21. The predicted molar refractivity (Wildman–Crippen MR) is 87.1 cm³/mol. The number of halogens is 2. The molecule has 2 aromatic rings. The molecule has 0 aliphatic carbocycles. The summed E-state index contributed by atoms with van der Waals surface area (Å²) in [4.78, 5) is 2.32. The van der Waals surface area contributed by atoms with Gasteiger partial charge < -0.3 is 5.32 Å². The number of hydrogen-bond donors (Lipinski definition) is 1. The minimum Gasteiger partial charge on any atom is -0.313 e. The third kappa shape index (κ3) is 4.25. The molecular weight excluding hydrogens is 342 g/mol. The second-order valence-electron chi connectivity index (χ2n) is 4.06. The minimum absolute atomic E-state index is 0.809. The van der Waals surface area contributed by atoms with Crippen LogP contribution in [-0.4, -0.2) is 6.54 Å². The van der Waals surface area contributed by atoms with E-state index >= 15 is 0 Å². The molecule has 0 radical (unpaired) electrons. The molecule has 0 unspecified atom stereocenters. The van der Waals surface area contributed by atoms with Crippen LogP contribution < -0.4 is 5.32 Å². The fraction of sp³-hybridized carbons (Fsp3) is 0.200. The highest BCUT2D eigenvalue weighted by atomic mass is 79.9. The number of hydrogen-bond acceptors (Lipinski definition) is 2. The van der Waals surface area contributed by atoms with Gasteiger partial charge in [-0.05, 0) is 42.4 Å². The van der Waals surface area contributed by atoms with Gasteiger partial charge in [0.1, 0.15) is 0 Å². The maximum atomic E-state index is 6.33. The van der Waals surface area contributed by atoms with Gasteiger partial charge in [-0.2, -0.15) is 0 Å². The van der Waals surface area contributed by atoms with E-state index in [9.17, 15) is 0 Å². The van der Waals surface area contributed by atoms with Crippen molar-refractivity contribution in [1.82, 2.24) is 5.32 Å². The van der Waals surface area contributed by atoms with E-state index < -0.39 is 0 Å². The molecule has 0 saturated carbocycles. The van der Waals surface area contributed by atoms with E-state index in [1.54, 1.807) is 11.8 Å². The molecule has 4 heteroatoms. The maximum Gasteiger partial charge on any atom is 0.0548 e. The van der Waals surface area contributed by atoms with Gasteiger partial charge >= 0.3 is 0 Å². The average Bonchev–Trinajstić information content (AvgIpc) is 2.42. The lowest BCUT2D eigenvalue weighted by atomic mass is 10.2. The number of rotatable bonds is 5. The van der Waals surface area contributed by atoms with Crippen molar-refractivity contribution in [3.8, 4) is 0 Å². The van der Waals surface area contributed by atoms with E-state index in [1.807, 2.05) is 24.3 Å². The first-order valence-corrected chi connectivity index (χ1v) is 8.11. The van der Waals surface area contributed by atoms with Crippen LogP contribution in [0.15, 0.2) is 56.7 Å². The molecular formula is C15H15BrClNS.